The standard InChI is InChI=1S/C26H31IN3O2/c1-5-23(31)26-24(17(2)29-30(26)21-12-13-21)25(19-8-10-20(27-3)11-9-19)28-16-18-6-14-22(32-4)15-7-18/h6-11,14-15,21,25,28H,5,12-13,16H2,1-4H3/q-1. The molecule has 0 bridgehead atoms. The number of aryl methyl sites for hydroxylation is 1. The molecule has 32 heavy (non-hydrogen) atoms. The Labute approximate surface area is 200 Å². The average Bonchev–Trinajstić information content (AvgIpc) is 3.63. The molecule has 1 aliphatic carbocycles. The van der Waals surface area contributed by atoms with Crippen LogP contribution in [0.25, 0.3) is 0 Å². The molecule has 1 N–H and O–H groups in total. The number of methoxy groups -OCH3 is 1. The van der Waals surface area contributed by atoms with E-state index in [1.807, 2.05) is 30.7 Å². The van der Waals surface area contributed by atoms with Gasteiger partial charge in [0.25, 0.3) is 0 Å². The Morgan fingerprint density at radius 1 is 1.19 bits per heavy atom. The van der Waals surface area contributed by atoms with Crippen molar-refractivity contribution < 1.29 is 30.7 Å². The average molecular weight is 544 g/mol. The Bertz CT molecular complexity index is 1070. The molecule has 0 spiro atoms. The van der Waals surface area contributed by atoms with Gasteiger partial charge in [-0.1, -0.05) is 0 Å². The number of nitrogens with one attached hydrogen (secondary N) is 1. The number of aromatic nitrogens is 2. The Kier molecular flexibility index (Phi) is 7.30. The SMILES string of the molecule is CCC(=O)c1c(C(NCc2ccc(OC)cc2)c2ccc([I-]C)cc2)c(C)nn1C1CC1. The van der Waals surface area contributed by atoms with Gasteiger partial charge in [-0.2, -0.15) is 0 Å². The van der Waals surface area contributed by atoms with E-state index < -0.39 is 0 Å². The minimum absolute atomic E-state index is 0.0460. The van der Waals surface area contributed by atoms with Crippen molar-refractivity contribution in [2.45, 2.75) is 51.7 Å². The minimum atomic E-state index is -0.0980. The van der Waals surface area contributed by atoms with Crippen molar-refractivity contribution in [3.05, 3.63) is 80.2 Å². The van der Waals surface area contributed by atoms with Crippen molar-refractivity contribution in [3.63, 3.8) is 0 Å². The van der Waals surface area contributed by atoms with E-state index in [-0.39, 0.29) is 33.0 Å². The van der Waals surface area contributed by atoms with Crippen LogP contribution in [0.4, 0.5) is 0 Å². The summed E-state index contributed by atoms with van der Waals surface area (Å²) in [6, 6.07) is 17.2. The molecule has 1 aromatic heterocycles. The van der Waals surface area contributed by atoms with E-state index in [1.54, 1.807) is 7.11 Å². The van der Waals surface area contributed by atoms with E-state index >= 15 is 0 Å². The van der Waals surface area contributed by atoms with Gasteiger partial charge in [0.2, 0.25) is 0 Å². The molecule has 5 nitrogen and oxygen atoms in total. The summed E-state index contributed by atoms with van der Waals surface area (Å²) in [7, 11) is 1.68. The molecular weight excluding hydrogens is 513 g/mol. The van der Waals surface area contributed by atoms with Crippen molar-refractivity contribution in [2.24, 2.45) is 0 Å². The van der Waals surface area contributed by atoms with Gasteiger partial charge in [0.1, 0.15) is 0 Å². The first kappa shape index (κ1) is 23.0. The molecule has 1 heterocycles. The van der Waals surface area contributed by atoms with E-state index in [2.05, 4.69) is 46.6 Å². The number of benzene rings is 2. The number of nitrogens with zero attached hydrogens (tertiary/aromatic N) is 2. The second kappa shape index (κ2) is 10.2. The van der Waals surface area contributed by atoms with Crippen molar-refractivity contribution >= 4 is 5.78 Å². The molecule has 0 radical (unpaired) electrons. The molecular formula is C26H31IN3O2-. The summed E-state index contributed by atoms with van der Waals surface area (Å²) in [5.41, 5.74) is 5.08. The zero-order valence-electron chi connectivity index (χ0n) is 19.2. The van der Waals surface area contributed by atoms with Crippen molar-refractivity contribution in [1.29, 1.82) is 0 Å². The molecule has 1 aliphatic rings. The van der Waals surface area contributed by atoms with Crippen LogP contribution in [0.2, 0.25) is 0 Å². The van der Waals surface area contributed by atoms with Crippen molar-refractivity contribution in [3.8, 4) is 5.75 Å². The molecule has 2 aromatic carbocycles. The Morgan fingerprint density at radius 2 is 1.88 bits per heavy atom. The van der Waals surface area contributed by atoms with Gasteiger partial charge in [0.15, 0.2) is 0 Å². The number of hydrogen-bond acceptors (Lipinski definition) is 4. The van der Waals surface area contributed by atoms with Crippen LogP contribution >= 0.6 is 0 Å². The number of ether oxygens (including phenoxy) is 1. The quantitative estimate of drug-likeness (QED) is 0.241. The third-order valence-corrected chi connectivity index (χ3v) is 7.95. The van der Waals surface area contributed by atoms with Gasteiger partial charge in [0.05, 0.1) is 7.11 Å². The van der Waals surface area contributed by atoms with Gasteiger partial charge in [-0.05, 0) is 0 Å². The summed E-state index contributed by atoms with van der Waals surface area (Å²) in [6.45, 7) is 4.66. The van der Waals surface area contributed by atoms with Crippen LogP contribution in [-0.2, 0) is 6.54 Å². The van der Waals surface area contributed by atoms with Gasteiger partial charge in [-0.15, -0.1) is 0 Å². The first-order chi connectivity index (χ1) is 15.5. The summed E-state index contributed by atoms with van der Waals surface area (Å²) >= 11 is 0.0460. The second-order valence-electron chi connectivity index (χ2n) is 8.20. The van der Waals surface area contributed by atoms with E-state index in [0.29, 0.717) is 19.0 Å². The predicted octanol–water partition coefficient (Wildman–Crippen LogP) is 1.90. The fraction of sp³-hybridized carbons (Fsp3) is 0.385. The zero-order chi connectivity index (χ0) is 22.7. The van der Waals surface area contributed by atoms with Crippen LogP contribution in [0, 0.1) is 10.5 Å². The van der Waals surface area contributed by atoms with Crippen LogP contribution in [0.3, 0.4) is 0 Å². The molecule has 0 amide bonds. The number of alkyl halides is 1. The molecule has 0 saturated heterocycles. The number of hydrogen-bond donors (Lipinski definition) is 1. The number of carbonyl (C=O) groups is 1. The van der Waals surface area contributed by atoms with Crippen LogP contribution < -0.4 is 31.3 Å². The maximum atomic E-state index is 13.1. The molecule has 6 heteroatoms. The van der Waals surface area contributed by atoms with E-state index in [0.717, 1.165) is 35.5 Å². The van der Waals surface area contributed by atoms with Crippen molar-refractivity contribution in [1.82, 2.24) is 15.1 Å². The van der Waals surface area contributed by atoms with E-state index in [9.17, 15) is 4.79 Å². The van der Waals surface area contributed by atoms with Crippen LogP contribution in [0.1, 0.15) is 71.1 Å². The fourth-order valence-corrected chi connectivity index (χ4v) is 5.14. The molecule has 4 rings (SSSR count). The topological polar surface area (TPSA) is 56.1 Å². The number of carbonyl (C=O) groups excluding carboxylic acids is 1. The second-order valence-corrected chi connectivity index (χ2v) is 10.5. The zero-order valence-corrected chi connectivity index (χ0v) is 21.3. The third-order valence-electron chi connectivity index (χ3n) is 5.99. The molecule has 1 atom stereocenters. The summed E-state index contributed by atoms with van der Waals surface area (Å²) in [5.74, 6) is 1.01. The first-order valence-corrected chi connectivity index (χ1v) is 14.4. The molecule has 170 valence electrons. The number of Topliss-reactive ketones (excluding diaryl/α,β-unsaturated/α-hetero) is 1. The molecule has 0 aliphatic heterocycles. The summed E-state index contributed by atoms with van der Waals surface area (Å²) < 4.78 is 8.71. The molecule has 1 saturated carbocycles. The Hall–Kier alpha value is -2.19. The Balaban J connectivity index is 1.73. The van der Waals surface area contributed by atoms with Crippen molar-refractivity contribution in [2.75, 3.05) is 12.0 Å². The summed E-state index contributed by atoms with van der Waals surface area (Å²) in [6.07, 6.45) is 2.68. The maximum absolute atomic E-state index is 13.1. The monoisotopic (exact) mass is 544 g/mol. The number of ketones is 1. The fourth-order valence-electron chi connectivity index (χ4n) is 4.07. The number of halogens is 1. The number of rotatable bonds is 10. The normalized spacial score (nSPS) is 14.5. The van der Waals surface area contributed by atoms with Gasteiger partial charge in [-0.3, -0.25) is 0 Å². The first-order valence-electron chi connectivity index (χ1n) is 11.1. The van der Waals surface area contributed by atoms with Gasteiger partial charge in [0, 0.05) is 0 Å². The summed E-state index contributed by atoms with van der Waals surface area (Å²) in [5, 5.41) is 8.58. The van der Waals surface area contributed by atoms with Crippen LogP contribution in [-0.4, -0.2) is 27.6 Å². The predicted molar refractivity (Wildman–Crippen MR) is 123 cm³/mol. The third kappa shape index (κ3) is 4.91. The van der Waals surface area contributed by atoms with Gasteiger partial charge in [-0.25, -0.2) is 0 Å². The van der Waals surface area contributed by atoms with Crippen LogP contribution in [0.5, 0.6) is 5.75 Å². The summed E-state index contributed by atoms with van der Waals surface area (Å²) in [4.78, 5) is 15.4. The molecule has 1 fully saturated rings. The van der Waals surface area contributed by atoms with E-state index in [4.69, 9.17) is 9.84 Å². The molecule has 1 unspecified atom stereocenters. The van der Waals surface area contributed by atoms with E-state index in [1.165, 1.54) is 14.7 Å². The van der Waals surface area contributed by atoms with Gasteiger partial charge >= 0.3 is 194 Å². The van der Waals surface area contributed by atoms with Gasteiger partial charge < -0.3 is 0 Å². The molecule has 3 aromatic rings. The van der Waals surface area contributed by atoms with Crippen LogP contribution in [0.15, 0.2) is 48.5 Å². The Morgan fingerprint density at radius 3 is 2.44 bits per heavy atom.